The number of carbonyl (C=O) groups is 1. The minimum atomic E-state index is -0.744. The van der Waals surface area contributed by atoms with Gasteiger partial charge in [0.1, 0.15) is 0 Å². The molecule has 3 heteroatoms. The van der Waals surface area contributed by atoms with Crippen LogP contribution in [0.2, 0.25) is 0 Å². The van der Waals surface area contributed by atoms with Gasteiger partial charge in [0.15, 0.2) is 0 Å². The van der Waals surface area contributed by atoms with Crippen LogP contribution >= 0.6 is 0 Å². The highest BCUT2D eigenvalue weighted by molar-refractivity contribution is 5.74. The molecule has 0 saturated heterocycles. The number of hydrogen-bond donors (Lipinski definition) is 1. The second-order valence-electron chi connectivity index (χ2n) is 3.08. The molecule has 1 fully saturated rings. The maximum Gasteiger partial charge on any atom is 0.311 e. The Morgan fingerprint density at radius 2 is 2.27 bits per heavy atom. The third-order valence-electron chi connectivity index (χ3n) is 2.21. The summed E-state index contributed by atoms with van der Waals surface area (Å²) in [6.07, 6.45) is 1.46. The van der Waals surface area contributed by atoms with Gasteiger partial charge < -0.3 is 9.84 Å². The number of rotatable bonds is 3. The van der Waals surface area contributed by atoms with Gasteiger partial charge >= 0.3 is 5.97 Å². The first-order valence-corrected chi connectivity index (χ1v) is 3.99. The summed E-state index contributed by atoms with van der Waals surface area (Å²) >= 11 is 0. The van der Waals surface area contributed by atoms with E-state index < -0.39 is 5.60 Å². The van der Waals surface area contributed by atoms with Crippen LogP contribution in [0, 0.1) is 5.92 Å². The summed E-state index contributed by atoms with van der Waals surface area (Å²) in [7, 11) is 0. The predicted octanol–water partition coefficient (Wildman–Crippen LogP) is 0.711. The van der Waals surface area contributed by atoms with E-state index in [2.05, 4.69) is 0 Å². The van der Waals surface area contributed by atoms with Crippen LogP contribution in [0.3, 0.4) is 0 Å². The van der Waals surface area contributed by atoms with Gasteiger partial charge in [0.2, 0.25) is 0 Å². The van der Waals surface area contributed by atoms with Crippen LogP contribution in [0.25, 0.3) is 0 Å². The van der Waals surface area contributed by atoms with E-state index in [1.807, 2.05) is 0 Å². The molecule has 1 N–H and O–H groups in total. The Hall–Kier alpha value is -0.570. The van der Waals surface area contributed by atoms with E-state index in [1.165, 1.54) is 0 Å². The van der Waals surface area contributed by atoms with Crippen LogP contribution in [-0.2, 0) is 9.53 Å². The van der Waals surface area contributed by atoms with Crippen LogP contribution in [-0.4, -0.2) is 23.3 Å². The van der Waals surface area contributed by atoms with Crippen molar-refractivity contribution in [1.82, 2.24) is 0 Å². The van der Waals surface area contributed by atoms with Crippen molar-refractivity contribution in [1.29, 1.82) is 0 Å². The zero-order valence-electron chi connectivity index (χ0n) is 6.96. The molecule has 1 aliphatic carbocycles. The fourth-order valence-electron chi connectivity index (χ4n) is 1.05. The monoisotopic (exact) mass is 158 g/mol. The first-order valence-electron chi connectivity index (χ1n) is 3.99. The highest BCUT2D eigenvalue weighted by Gasteiger charge is 2.49. The third kappa shape index (κ3) is 1.71. The molecule has 64 valence electrons. The van der Waals surface area contributed by atoms with E-state index in [4.69, 9.17) is 4.74 Å². The largest absolute Gasteiger partial charge is 0.466 e. The summed E-state index contributed by atoms with van der Waals surface area (Å²) in [5.41, 5.74) is -0.744. The van der Waals surface area contributed by atoms with Gasteiger partial charge in [-0.1, -0.05) is 0 Å². The van der Waals surface area contributed by atoms with Crippen molar-refractivity contribution >= 4 is 5.97 Å². The molecule has 1 aliphatic rings. The van der Waals surface area contributed by atoms with Crippen LogP contribution in [0.5, 0.6) is 0 Å². The van der Waals surface area contributed by atoms with Gasteiger partial charge in [-0.2, -0.15) is 0 Å². The van der Waals surface area contributed by atoms with Gasteiger partial charge in [-0.3, -0.25) is 4.79 Å². The normalized spacial score (nSPS) is 22.5. The Bertz CT molecular complexity index is 161. The van der Waals surface area contributed by atoms with E-state index in [9.17, 15) is 9.90 Å². The maximum absolute atomic E-state index is 11.0. The molecule has 0 aromatic heterocycles. The second kappa shape index (κ2) is 2.81. The van der Waals surface area contributed by atoms with Crippen LogP contribution in [0.4, 0.5) is 0 Å². The average molecular weight is 158 g/mol. The molecule has 0 spiro atoms. The molecule has 1 unspecified atom stereocenters. The van der Waals surface area contributed by atoms with E-state index >= 15 is 0 Å². The van der Waals surface area contributed by atoms with Crippen molar-refractivity contribution in [2.45, 2.75) is 32.3 Å². The van der Waals surface area contributed by atoms with Crippen molar-refractivity contribution in [3.63, 3.8) is 0 Å². The van der Waals surface area contributed by atoms with Gasteiger partial charge in [0.25, 0.3) is 0 Å². The van der Waals surface area contributed by atoms with E-state index in [-0.39, 0.29) is 11.9 Å². The molecule has 0 amide bonds. The SMILES string of the molecule is CCOC(=O)C(C)C1(O)CC1. The second-order valence-corrected chi connectivity index (χ2v) is 3.08. The van der Waals surface area contributed by atoms with Gasteiger partial charge in [-0.25, -0.2) is 0 Å². The van der Waals surface area contributed by atoms with Crippen LogP contribution < -0.4 is 0 Å². The lowest BCUT2D eigenvalue weighted by atomic mass is 10.0. The minimum Gasteiger partial charge on any atom is -0.466 e. The summed E-state index contributed by atoms with van der Waals surface area (Å²) in [6.45, 7) is 3.87. The number of esters is 1. The highest BCUT2D eigenvalue weighted by Crippen LogP contribution is 2.42. The number of ether oxygens (including phenoxy) is 1. The third-order valence-corrected chi connectivity index (χ3v) is 2.21. The van der Waals surface area contributed by atoms with E-state index in [0.717, 1.165) is 12.8 Å². The molecule has 0 heterocycles. The molecule has 1 rings (SSSR count). The zero-order chi connectivity index (χ0) is 8.48. The van der Waals surface area contributed by atoms with E-state index in [1.54, 1.807) is 13.8 Å². The first-order chi connectivity index (χ1) is 5.10. The zero-order valence-corrected chi connectivity index (χ0v) is 6.96. The molecule has 0 bridgehead atoms. The van der Waals surface area contributed by atoms with E-state index in [0.29, 0.717) is 6.61 Å². The Balaban J connectivity index is 2.40. The molecular weight excluding hydrogens is 144 g/mol. The number of aliphatic hydroxyl groups is 1. The van der Waals surface area contributed by atoms with Gasteiger partial charge in [-0.15, -0.1) is 0 Å². The highest BCUT2D eigenvalue weighted by atomic mass is 16.5. The number of carbonyl (C=O) groups excluding carboxylic acids is 1. The average Bonchev–Trinajstić information content (AvgIpc) is 2.68. The van der Waals surface area contributed by atoms with Crippen LogP contribution in [0.15, 0.2) is 0 Å². The topological polar surface area (TPSA) is 46.5 Å². The lowest BCUT2D eigenvalue weighted by Gasteiger charge is -2.15. The summed E-state index contributed by atoms with van der Waals surface area (Å²) in [4.78, 5) is 11.0. The molecule has 1 saturated carbocycles. The Kier molecular flexibility index (Phi) is 2.18. The maximum atomic E-state index is 11.0. The lowest BCUT2D eigenvalue weighted by Crippen LogP contribution is -2.28. The smallest absolute Gasteiger partial charge is 0.311 e. The molecule has 0 aromatic rings. The molecule has 11 heavy (non-hydrogen) atoms. The quantitative estimate of drug-likeness (QED) is 0.615. The predicted molar refractivity (Wildman–Crippen MR) is 40.0 cm³/mol. The van der Waals surface area contributed by atoms with Crippen molar-refractivity contribution in [3.8, 4) is 0 Å². The molecule has 1 atom stereocenters. The molecular formula is C8H14O3. The van der Waals surface area contributed by atoms with Crippen LogP contribution in [0.1, 0.15) is 26.7 Å². The summed E-state index contributed by atoms with van der Waals surface area (Å²) in [5.74, 6) is -0.644. The van der Waals surface area contributed by atoms with Crippen molar-refractivity contribution in [2.24, 2.45) is 5.92 Å². The summed E-state index contributed by atoms with van der Waals surface area (Å²) in [6, 6.07) is 0. The molecule has 3 nitrogen and oxygen atoms in total. The molecule has 0 aromatic carbocycles. The Morgan fingerprint density at radius 1 is 1.73 bits per heavy atom. The molecule has 0 radical (unpaired) electrons. The summed E-state index contributed by atoms with van der Waals surface area (Å²) in [5, 5.41) is 9.49. The van der Waals surface area contributed by atoms with Crippen molar-refractivity contribution in [3.05, 3.63) is 0 Å². The van der Waals surface area contributed by atoms with Gasteiger partial charge in [-0.05, 0) is 26.7 Å². The fourth-order valence-corrected chi connectivity index (χ4v) is 1.05. The van der Waals surface area contributed by atoms with Crippen molar-refractivity contribution < 1.29 is 14.6 Å². The standard InChI is InChI=1S/C8H14O3/c1-3-11-7(9)6(2)8(10)4-5-8/h6,10H,3-5H2,1-2H3. The summed E-state index contributed by atoms with van der Waals surface area (Å²) < 4.78 is 4.77. The Morgan fingerprint density at radius 3 is 2.64 bits per heavy atom. The van der Waals surface area contributed by atoms with Crippen molar-refractivity contribution in [2.75, 3.05) is 6.61 Å². The molecule has 0 aliphatic heterocycles. The van der Waals surface area contributed by atoms with Gasteiger partial charge in [0.05, 0.1) is 18.1 Å². The fraction of sp³-hybridized carbons (Fsp3) is 0.875. The number of hydrogen-bond acceptors (Lipinski definition) is 3. The Labute approximate surface area is 66.4 Å². The first kappa shape index (κ1) is 8.53. The minimum absolute atomic E-state index is 0.285. The van der Waals surface area contributed by atoms with Gasteiger partial charge in [0, 0.05) is 0 Å². The lowest BCUT2D eigenvalue weighted by molar-refractivity contribution is -0.152.